The molecule has 0 saturated carbocycles. The van der Waals surface area contributed by atoms with Gasteiger partial charge in [-0.25, -0.2) is 0 Å². The first-order chi connectivity index (χ1) is 10.6. The quantitative estimate of drug-likeness (QED) is 0.286. The summed E-state index contributed by atoms with van der Waals surface area (Å²) in [5.74, 6) is -1.46. The second-order valence-corrected chi connectivity index (χ2v) is 5.21. The molecule has 0 saturated heterocycles. The minimum Gasteiger partial charge on any atom is -0.344 e. The van der Waals surface area contributed by atoms with Crippen LogP contribution in [-0.2, 0) is 19.0 Å². The highest BCUT2D eigenvalue weighted by Crippen LogP contribution is 2.17. The molecule has 0 aromatic rings. The fourth-order valence-electron chi connectivity index (χ4n) is 1.66. The monoisotopic (exact) mass is 315 g/mol. The Balaban J connectivity index is 4.74. The Morgan fingerprint density at radius 1 is 0.955 bits per heavy atom. The van der Waals surface area contributed by atoms with Crippen molar-refractivity contribution in [3.8, 4) is 0 Å². The molecule has 0 unspecified atom stereocenters. The SMILES string of the molecule is C=CC(=O)NCC(OCCCC)(OCCCC)OCCCC. The lowest BCUT2D eigenvalue weighted by atomic mass is 10.3. The zero-order valence-corrected chi connectivity index (χ0v) is 14.5. The van der Waals surface area contributed by atoms with Gasteiger partial charge >= 0.3 is 5.97 Å². The summed E-state index contributed by atoms with van der Waals surface area (Å²) in [4.78, 5) is 11.5. The lowest BCUT2D eigenvalue weighted by molar-refractivity contribution is -0.376. The number of ether oxygens (including phenoxy) is 3. The zero-order valence-electron chi connectivity index (χ0n) is 14.5. The van der Waals surface area contributed by atoms with Crippen LogP contribution in [0.25, 0.3) is 0 Å². The summed E-state index contributed by atoms with van der Waals surface area (Å²) < 4.78 is 17.6. The van der Waals surface area contributed by atoms with Gasteiger partial charge in [0, 0.05) is 0 Å². The maximum Gasteiger partial charge on any atom is 0.301 e. The van der Waals surface area contributed by atoms with Crippen LogP contribution in [-0.4, -0.2) is 38.2 Å². The van der Waals surface area contributed by atoms with Gasteiger partial charge in [-0.15, -0.1) is 0 Å². The van der Waals surface area contributed by atoms with Crippen molar-refractivity contribution in [1.29, 1.82) is 0 Å². The van der Waals surface area contributed by atoms with Gasteiger partial charge < -0.3 is 19.5 Å². The van der Waals surface area contributed by atoms with Crippen LogP contribution < -0.4 is 5.32 Å². The fraction of sp³-hybridized carbons (Fsp3) is 0.824. The maximum absolute atomic E-state index is 11.5. The van der Waals surface area contributed by atoms with Crippen LogP contribution in [0.4, 0.5) is 0 Å². The number of unbranched alkanes of at least 4 members (excludes halogenated alkanes) is 3. The molecule has 1 amide bonds. The average Bonchev–Trinajstić information content (AvgIpc) is 2.53. The minimum atomic E-state index is -1.20. The third-order valence-electron chi connectivity index (χ3n) is 3.12. The number of hydrogen-bond acceptors (Lipinski definition) is 4. The van der Waals surface area contributed by atoms with Gasteiger partial charge in [0.25, 0.3) is 0 Å². The van der Waals surface area contributed by atoms with Crippen LogP contribution in [0, 0.1) is 0 Å². The van der Waals surface area contributed by atoms with E-state index in [1.165, 1.54) is 6.08 Å². The van der Waals surface area contributed by atoms with Crippen LogP contribution >= 0.6 is 0 Å². The molecule has 0 rings (SSSR count). The van der Waals surface area contributed by atoms with E-state index in [2.05, 4.69) is 32.7 Å². The summed E-state index contributed by atoms with van der Waals surface area (Å²) in [6, 6.07) is 0. The molecule has 0 aliphatic rings. The zero-order chi connectivity index (χ0) is 16.7. The van der Waals surface area contributed by atoms with E-state index in [1.54, 1.807) is 0 Å². The largest absolute Gasteiger partial charge is 0.344 e. The third kappa shape index (κ3) is 9.92. The molecule has 0 radical (unpaired) electrons. The Morgan fingerprint density at radius 2 is 1.36 bits per heavy atom. The fourth-order valence-corrected chi connectivity index (χ4v) is 1.66. The van der Waals surface area contributed by atoms with Crippen molar-refractivity contribution in [3.63, 3.8) is 0 Å². The average molecular weight is 315 g/mol. The van der Waals surface area contributed by atoms with Gasteiger partial charge in [-0.3, -0.25) is 4.79 Å². The van der Waals surface area contributed by atoms with Gasteiger partial charge in [0.1, 0.15) is 0 Å². The highest BCUT2D eigenvalue weighted by atomic mass is 16.9. The molecule has 22 heavy (non-hydrogen) atoms. The Morgan fingerprint density at radius 3 is 1.68 bits per heavy atom. The number of hydrogen-bond donors (Lipinski definition) is 1. The number of carbonyl (C=O) groups is 1. The van der Waals surface area contributed by atoms with E-state index >= 15 is 0 Å². The van der Waals surface area contributed by atoms with E-state index in [0.29, 0.717) is 19.8 Å². The topological polar surface area (TPSA) is 56.8 Å². The molecule has 0 heterocycles. The number of amides is 1. The molecule has 5 heteroatoms. The first kappa shape index (κ1) is 21.1. The number of nitrogens with one attached hydrogen (secondary N) is 1. The van der Waals surface area contributed by atoms with Crippen LogP contribution in [0.2, 0.25) is 0 Å². The van der Waals surface area contributed by atoms with E-state index < -0.39 is 5.97 Å². The molecule has 0 atom stereocenters. The minimum absolute atomic E-state index is 0.162. The van der Waals surface area contributed by atoms with Crippen LogP contribution in [0.5, 0.6) is 0 Å². The Labute approximate surface area is 135 Å². The Kier molecular flexibility index (Phi) is 13.2. The molecule has 130 valence electrons. The van der Waals surface area contributed by atoms with Crippen molar-refractivity contribution >= 4 is 5.91 Å². The van der Waals surface area contributed by atoms with Gasteiger partial charge in [0.2, 0.25) is 5.91 Å². The lowest BCUT2D eigenvalue weighted by Gasteiger charge is -2.33. The molecule has 5 nitrogen and oxygen atoms in total. The van der Waals surface area contributed by atoms with E-state index in [1.807, 2.05) is 0 Å². The highest BCUT2D eigenvalue weighted by Gasteiger charge is 2.34. The molecular formula is C17H33NO4. The maximum atomic E-state index is 11.5. The second kappa shape index (κ2) is 13.7. The molecule has 0 bridgehead atoms. The predicted octanol–water partition coefficient (Wildman–Crippen LogP) is 3.39. The molecule has 0 aliphatic heterocycles. The lowest BCUT2D eigenvalue weighted by Crippen LogP contribution is -2.49. The molecular weight excluding hydrogens is 282 g/mol. The molecule has 0 fully saturated rings. The molecule has 0 aromatic heterocycles. The third-order valence-corrected chi connectivity index (χ3v) is 3.12. The van der Waals surface area contributed by atoms with Gasteiger partial charge in [-0.1, -0.05) is 46.6 Å². The summed E-state index contributed by atoms with van der Waals surface area (Å²) in [5.41, 5.74) is 0. The summed E-state index contributed by atoms with van der Waals surface area (Å²) in [6.45, 7) is 11.5. The molecule has 1 N–H and O–H groups in total. The van der Waals surface area contributed by atoms with Gasteiger partial charge in [0.05, 0.1) is 26.4 Å². The van der Waals surface area contributed by atoms with Gasteiger partial charge in [0.15, 0.2) is 0 Å². The first-order valence-electron chi connectivity index (χ1n) is 8.46. The van der Waals surface area contributed by atoms with Crippen molar-refractivity contribution in [1.82, 2.24) is 5.32 Å². The highest BCUT2D eigenvalue weighted by molar-refractivity contribution is 5.86. The van der Waals surface area contributed by atoms with Crippen molar-refractivity contribution in [3.05, 3.63) is 12.7 Å². The van der Waals surface area contributed by atoms with Crippen molar-refractivity contribution < 1.29 is 19.0 Å². The van der Waals surface area contributed by atoms with Gasteiger partial charge in [-0.05, 0) is 25.3 Å². The Hall–Kier alpha value is -0.910. The second-order valence-electron chi connectivity index (χ2n) is 5.21. The first-order valence-corrected chi connectivity index (χ1v) is 8.46. The van der Waals surface area contributed by atoms with E-state index in [-0.39, 0.29) is 12.5 Å². The van der Waals surface area contributed by atoms with Crippen LogP contribution in [0.3, 0.4) is 0 Å². The van der Waals surface area contributed by atoms with Crippen molar-refractivity contribution in [2.45, 2.75) is 65.3 Å². The van der Waals surface area contributed by atoms with Crippen molar-refractivity contribution in [2.24, 2.45) is 0 Å². The standard InChI is InChI=1S/C17H33NO4/c1-5-9-12-20-17(21-13-10-6-2,22-14-11-7-3)15-18-16(19)8-4/h8H,4-7,9-15H2,1-3H3,(H,18,19). The molecule has 0 aliphatic carbocycles. The predicted molar refractivity (Wildman–Crippen MR) is 88.5 cm³/mol. The smallest absolute Gasteiger partial charge is 0.301 e. The summed E-state index contributed by atoms with van der Waals surface area (Å²) in [7, 11) is 0. The molecule has 0 aromatic carbocycles. The van der Waals surface area contributed by atoms with E-state index in [0.717, 1.165) is 38.5 Å². The normalized spacial score (nSPS) is 11.4. The summed E-state index contributed by atoms with van der Waals surface area (Å²) in [6.07, 6.45) is 7.08. The Bertz CT molecular complexity index is 268. The summed E-state index contributed by atoms with van der Waals surface area (Å²) in [5, 5.41) is 2.72. The number of rotatable bonds is 15. The van der Waals surface area contributed by atoms with E-state index in [9.17, 15) is 4.79 Å². The number of carbonyl (C=O) groups excluding carboxylic acids is 1. The van der Waals surface area contributed by atoms with Gasteiger partial charge in [-0.2, -0.15) is 0 Å². The summed E-state index contributed by atoms with van der Waals surface area (Å²) >= 11 is 0. The van der Waals surface area contributed by atoms with Crippen LogP contribution in [0.15, 0.2) is 12.7 Å². The van der Waals surface area contributed by atoms with Crippen molar-refractivity contribution in [2.75, 3.05) is 26.4 Å². The van der Waals surface area contributed by atoms with Crippen LogP contribution in [0.1, 0.15) is 59.3 Å². The molecule has 0 spiro atoms. The van der Waals surface area contributed by atoms with E-state index in [4.69, 9.17) is 14.2 Å².